The summed E-state index contributed by atoms with van der Waals surface area (Å²) in [6.45, 7) is 0. The van der Waals surface area contributed by atoms with Gasteiger partial charge in [0.1, 0.15) is 0 Å². The van der Waals surface area contributed by atoms with Crippen LogP contribution in [0.1, 0.15) is 19.3 Å². The van der Waals surface area contributed by atoms with Crippen molar-refractivity contribution in [1.82, 2.24) is 0 Å². The van der Waals surface area contributed by atoms with E-state index in [1.807, 2.05) is 0 Å². The number of carbonyl (C=O) groups excluding carboxylic acids is 1. The smallest absolute Gasteiger partial charge is 0.306 e. The lowest BCUT2D eigenvalue weighted by Gasteiger charge is -2.19. The number of carboxylic acid groups (broad SMARTS) is 1. The van der Waals surface area contributed by atoms with Gasteiger partial charge in [-0.1, -0.05) is 0 Å². The van der Waals surface area contributed by atoms with Crippen LogP contribution in [0.2, 0.25) is 0 Å². The fourth-order valence-corrected chi connectivity index (χ4v) is 2.94. The number of ether oxygens (including phenoxy) is 1. The molecule has 5 heteroatoms. The van der Waals surface area contributed by atoms with Crippen LogP contribution >= 0.6 is 11.8 Å². The van der Waals surface area contributed by atoms with Gasteiger partial charge in [-0.3, -0.25) is 9.59 Å². The fourth-order valence-electron chi connectivity index (χ4n) is 1.85. The van der Waals surface area contributed by atoms with Crippen molar-refractivity contribution < 1.29 is 19.4 Å². The summed E-state index contributed by atoms with van der Waals surface area (Å²) in [5.41, 5.74) is 0. The number of rotatable bonds is 3. The van der Waals surface area contributed by atoms with Gasteiger partial charge in [0.15, 0.2) is 0 Å². The van der Waals surface area contributed by atoms with Gasteiger partial charge in [0.05, 0.1) is 13.0 Å². The zero-order chi connectivity index (χ0) is 11.3. The summed E-state index contributed by atoms with van der Waals surface area (Å²) in [6.07, 6.45) is 1.67. The first-order valence-electron chi connectivity index (χ1n) is 5.02. The zero-order valence-corrected chi connectivity index (χ0v) is 9.59. The van der Waals surface area contributed by atoms with Crippen molar-refractivity contribution in [2.24, 2.45) is 11.8 Å². The van der Waals surface area contributed by atoms with Crippen LogP contribution in [0.25, 0.3) is 0 Å². The molecule has 86 valence electrons. The molecule has 0 aromatic rings. The Morgan fingerprint density at radius 2 is 2.07 bits per heavy atom. The van der Waals surface area contributed by atoms with E-state index >= 15 is 0 Å². The molecule has 0 saturated carbocycles. The molecule has 2 atom stereocenters. The van der Waals surface area contributed by atoms with Crippen molar-refractivity contribution in [1.29, 1.82) is 0 Å². The van der Waals surface area contributed by atoms with E-state index in [0.29, 0.717) is 6.42 Å². The van der Waals surface area contributed by atoms with Gasteiger partial charge >= 0.3 is 11.9 Å². The predicted octanol–water partition coefficient (Wildman–Crippen LogP) is 1.39. The molecule has 15 heavy (non-hydrogen) atoms. The van der Waals surface area contributed by atoms with Crippen molar-refractivity contribution in [3.63, 3.8) is 0 Å². The van der Waals surface area contributed by atoms with E-state index in [1.54, 1.807) is 11.8 Å². The molecule has 0 amide bonds. The van der Waals surface area contributed by atoms with Crippen molar-refractivity contribution in [3.05, 3.63) is 0 Å². The van der Waals surface area contributed by atoms with Crippen molar-refractivity contribution in [2.45, 2.75) is 19.3 Å². The van der Waals surface area contributed by atoms with E-state index in [-0.39, 0.29) is 24.2 Å². The maximum absolute atomic E-state index is 11.1. The maximum atomic E-state index is 11.1. The third-order valence-electron chi connectivity index (χ3n) is 2.75. The highest BCUT2D eigenvalue weighted by Gasteiger charge is 2.31. The Morgan fingerprint density at radius 1 is 1.40 bits per heavy atom. The molecule has 1 aliphatic heterocycles. The SMILES string of the molecule is COC(=O)C[C@@H]1CCSCC[C@H]1C(=O)O. The molecule has 1 saturated heterocycles. The minimum Gasteiger partial charge on any atom is -0.481 e. The number of carbonyl (C=O) groups is 2. The van der Waals surface area contributed by atoms with Crippen LogP contribution in [0, 0.1) is 11.8 Å². The predicted molar refractivity (Wildman–Crippen MR) is 57.8 cm³/mol. The van der Waals surface area contributed by atoms with Crippen LogP contribution in [0.4, 0.5) is 0 Å². The van der Waals surface area contributed by atoms with E-state index in [4.69, 9.17) is 5.11 Å². The molecule has 1 N–H and O–H groups in total. The zero-order valence-electron chi connectivity index (χ0n) is 8.77. The standard InChI is InChI=1S/C10H16O4S/c1-14-9(11)6-7-2-4-15-5-3-8(7)10(12)13/h7-8H,2-6H2,1H3,(H,12,13)/t7-,8+/m0/s1. The highest BCUT2D eigenvalue weighted by atomic mass is 32.2. The normalized spacial score (nSPS) is 26.7. The molecule has 0 unspecified atom stereocenters. The Hall–Kier alpha value is -0.710. The Bertz CT molecular complexity index is 242. The molecule has 0 bridgehead atoms. The van der Waals surface area contributed by atoms with Crippen molar-refractivity contribution in [2.75, 3.05) is 18.6 Å². The van der Waals surface area contributed by atoms with Gasteiger partial charge < -0.3 is 9.84 Å². The minimum absolute atomic E-state index is 0.0649. The molecule has 0 aromatic carbocycles. The average molecular weight is 232 g/mol. The topological polar surface area (TPSA) is 63.6 Å². The Balaban J connectivity index is 2.61. The number of carboxylic acids is 1. The number of hydrogen-bond acceptors (Lipinski definition) is 4. The number of hydrogen-bond donors (Lipinski definition) is 1. The van der Waals surface area contributed by atoms with E-state index < -0.39 is 5.97 Å². The summed E-state index contributed by atoms with van der Waals surface area (Å²) in [6, 6.07) is 0. The van der Waals surface area contributed by atoms with Gasteiger partial charge in [0, 0.05) is 6.42 Å². The fraction of sp³-hybridized carbons (Fsp3) is 0.800. The number of thioether (sulfide) groups is 1. The van der Waals surface area contributed by atoms with Gasteiger partial charge in [0.25, 0.3) is 0 Å². The van der Waals surface area contributed by atoms with Crippen LogP contribution in [-0.2, 0) is 14.3 Å². The van der Waals surface area contributed by atoms with Crippen LogP contribution in [0.15, 0.2) is 0 Å². The third-order valence-corrected chi connectivity index (χ3v) is 3.80. The number of methoxy groups -OCH3 is 1. The lowest BCUT2D eigenvalue weighted by atomic mass is 9.85. The van der Waals surface area contributed by atoms with Crippen LogP contribution in [0.5, 0.6) is 0 Å². The monoisotopic (exact) mass is 232 g/mol. The van der Waals surface area contributed by atoms with E-state index in [1.165, 1.54) is 7.11 Å². The van der Waals surface area contributed by atoms with Gasteiger partial charge in [-0.25, -0.2) is 0 Å². The van der Waals surface area contributed by atoms with Crippen LogP contribution in [-0.4, -0.2) is 35.7 Å². The summed E-state index contributed by atoms with van der Waals surface area (Å²) < 4.78 is 4.58. The summed E-state index contributed by atoms with van der Waals surface area (Å²) >= 11 is 1.76. The van der Waals surface area contributed by atoms with E-state index in [0.717, 1.165) is 17.9 Å². The third kappa shape index (κ3) is 3.74. The lowest BCUT2D eigenvalue weighted by molar-refractivity contribution is -0.146. The average Bonchev–Trinajstić information content (AvgIpc) is 2.43. The van der Waals surface area contributed by atoms with Gasteiger partial charge in [-0.15, -0.1) is 0 Å². The summed E-state index contributed by atoms with van der Waals surface area (Å²) in [5, 5.41) is 9.06. The second-order valence-corrected chi connectivity index (χ2v) is 4.90. The molecule has 1 aliphatic rings. The maximum Gasteiger partial charge on any atom is 0.306 e. The molecule has 0 aromatic heterocycles. The second-order valence-electron chi connectivity index (χ2n) is 3.67. The molecule has 0 spiro atoms. The summed E-state index contributed by atoms with van der Waals surface area (Å²) in [4.78, 5) is 22.2. The molecule has 4 nitrogen and oxygen atoms in total. The molecule has 1 rings (SSSR count). The quantitative estimate of drug-likeness (QED) is 0.745. The first-order chi connectivity index (χ1) is 7.15. The molecule has 0 radical (unpaired) electrons. The molecular weight excluding hydrogens is 216 g/mol. The summed E-state index contributed by atoms with van der Waals surface area (Å²) in [5.74, 6) is 0.258. The van der Waals surface area contributed by atoms with Gasteiger partial charge in [0.2, 0.25) is 0 Å². The Morgan fingerprint density at radius 3 is 2.67 bits per heavy atom. The molecule has 1 heterocycles. The van der Waals surface area contributed by atoms with Gasteiger partial charge in [-0.2, -0.15) is 11.8 Å². The highest BCUT2D eigenvalue weighted by Crippen LogP contribution is 2.30. The number of aliphatic carboxylic acids is 1. The first kappa shape index (κ1) is 12.4. The first-order valence-corrected chi connectivity index (χ1v) is 6.18. The highest BCUT2D eigenvalue weighted by molar-refractivity contribution is 7.99. The molecule has 1 fully saturated rings. The number of esters is 1. The van der Waals surface area contributed by atoms with Crippen molar-refractivity contribution in [3.8, 4) is 0 Å². The largest absolute Gasteiger partial charge is 0.481 e. The van der Waals surface area contributed by atoms with E-state index in [2.05, 4.69) is 4.74 Å². The van der Waals surface area contributed by atoms with E-state index in [9.17, 15) is 9.59 Å². The second kappa shape index (κ2) is 6.00. The Labute approximate surface area is 93.4 Å². The van der Waals surface area contributed by atoms with Crippen LogP contribution < -0.4 is 0 Å². The molecule has 0 aliphatic carbocycles. The minimum atomic E-state index is -0.786. The van der Waals surface area contributed by atoms with Crippen LogP contribution in [0.3, 0.4) is 0 Å². The van der Waals surface area contributed by atoms with Crippen molar-refractivity contribution >= 4 is 23.7 Å². The van der Waals surface area contributed by atoms with Gasteiger partial charge in [-0.05, 0) is 30.3 Å². The molecular formula is C10H16O4S. The summed E-state index contributed by atoms with van der Waals surface area (Å²) in [7, 11) is 1.34. The lowest BCUT2D eigenvalue weighted by Crippen LogP contribution is -2.26. The Kier molecular flexibility index (Phi) is 4.94.